The molecule has 0 fully saturated rings. The zero-order chi connectivity index (χ0) is 12.8. The van der Waals surface area contributed by atoms with Crippen LogP contribution >= 0.6 is 0 Å². The summed E-state index contributed by atoms with van der Waals surface area (Å²) in [5.41, 5.74) is 4.44. The van der Waals surface area contributed by atoms with Gasteiger partial charge in [0.1, 0.15) is 0 Å². The Kier molecular flexibility index (Phi) is 2.15. The molecule has 1 N–H and O–H groups in total. The lowest BCUT2D eigenvalue weighted by molar-refractivity contribution is 0.799. The quantitative estimate of drug-likeness (QED) is 0.816. The van der Waals surface area contributed by atoms with E-state index in [0.29, 0.717) is 0 Å². The molecule has 4 rings (SSSR count). The van der Waals surface area contributed by atoms with Crippen molar-refractivity contribution in [1.82, 2.24) is 4.57 Å². The second-order valence-electron chi connectivity index (χ2n) is 4.71. The SMILES string of the molecule is CCn1c2c(c3ccccc31)NC1=CC=C[CH]C1=N2. The van der Waals surface area contributed by atoms with E-state index in [1.807, 2.05) is 18.6 Å². The smallest absolute Gasteiger partial charge is 0.157 e. The maximum Gasteiger partial charge on any atom is 0.157 e. The van der Waals surface area contributed by atoms with Crippen molar-refractivity contribution < 1.29 is 0 Å². The Labute approximate surface area is 112 Å². The van der Waals surface area contributed by atoms with Crippen LogP contribution in [0.5, 0.6) is 0 Å². The number of fused-ring (bicyclic) bond motifs is 4. The van der Waals surface area contributed by atoms with Crippen molar-refractivity contribution in [3.8, 4) is 0 Å². The Balaban J connectivity index is 2.04. The average Bonchev–Trinajstić information content (AvgIpc) is 2.78. The number of nitrogens with one attached hydrogen (secondary N) is 1. The number of hydrogen-bond donors (Lipinski definition) is 1. The standard InChI is InChI=1S/C16H14N3/c1-2-19-14-10-6-3-7-11(14)15-16(19)18-13-9-5-4-8-12(13)17-15/h3-10,17H,2H2,1H3. The highest BCUT2D eigenvalue weighted by Gasteiger charge is 2.23. The number of aryl methyl sites for hydroxylation is 1. The van der Waals surface area contributed by atoms with E-state index in [4.69, 9.17) is 4.99 Å². The fourth-order valence-corrected chi connectivity index (χ4v) is 2.78. The van der Waals surface area contributed by atoms with Crippen molar-refractivity contribution in [3.05, 3.63) is 54.6 Å². The van der Waals surface area contributed by atoms with E-state index in [1.54, 1.807) is 0 Å². The summed E-state index contributed by atoms with van der Waals surface area (Å²) in [5, 5.41) is 4.76. The topological polar surface area (TPSA) is 29.3 Å². The molecule has 0 saturated heterocycles. The molecule has 1 aliphatic heterocycles. The Bertz CT molecular complexity index is 760. The second-order valence-corrected chi connectivity index (χ2v) is 4.71. The number of nitrogens with zero attached hydrogens (tertiary/aromatic N) is 2. The van der Waals surface area contributed by atoms with Crippen molar-refractivity contribution in [2.24, 2.45) is 4.99 Å². The van der Waals surface area contributed by atoms with E-state index in [2.05, 4.69) is 47.1 Å². The molecule has 2 aliphatic rings. The Morgan fingerprint density at radius 3 is 3.00 bits per heavy atom. The summed E-state index contributed by atoms with van der Waals surface area (Å²) in [6, 6.07) is 8.45. The number of para-hydroxylation sites is 1. The number of rotatable bonds is 1. The van der Waals surface area contributed by atoms with Crippen LogP contribution in [-0.4, -0.2) is 10.3 Å². The molecule has 0 saturated carbocycles. The van der Waals surface area contributed by atoms with Crippen LogP contribution in [0.1, 0.15) is 6.92 Å². The summed E-state index contributed by atoms with van der Waals surface area (Å²) < 4.78 is 2.26. The van der Waals surface area contributed by atoms with Gasteiger partial charge in [0.15, 0.2) is 5.82 Å². The van der Waals surface area contributed by atoms with Crippen LogP contribution in [-0.2, 0) is 6.54 Å². The lowest BCUT2D eigenvalue weighted by Crippen LogP contribution is -2.17. The van der Waals surface area contributed by atoms with Crippen LogP contribution in [0, 0.1) is 6.42 Å². The monoisotopic (exact) mass is 248 g/mol. The van der Waals surface area contributed by atoms with Crippen LogP contribution in [0.3, 0.4) is 0 Å². The van der Waals surface area contributed by atoms with E-state index in [-0.39, 0.29) is 0 Å². The minimum Gasteiger partial charge on any atom is -0.350 e. The zero-order valence-electron chi connectivity index (χ0n) is 10.7. The average molecular weight is 248 g/mol. The van der Waals surface area contributed by atoms with E-state index in [0.717, 1.165) is 29.5 Å². The summed E-state index contributed by atoms with van der Waals surface area (Å²) in [6.45, 7) is 3.08. The Morgan fingerprint density at radius 1 is 1.21 bits per heavy atom. The molecule has 0 spiro atoms. The minimum atomic E-state index is 0.920. The second kappa shape index (κ2) is 3.85. The van der Waals surface area contributed by atoms with Crippen molar-refractivity contribution in [3.63, 3.8) is 0 Å². The van der Waals surface area contributed by atoms with E-state index >= 15 is 0 Å². The number of aromatic nitrogens is 1. The largest absolute Gasteiger partial charge is 0.350 e. The molecule has 1 aliphatic carbocycles. The van der Waals surface area contributed by atoms with E-state index < -0.39 is 0 Å². The van der Waals surface area contributed by atoms with Gasteiger partial charge in [-0.2, -0.15) is 0 Å². The Hall–Kier alpha value is -2.29. The third kappa shape index (κ3) is 1.41. The molecule has 2 aromatic rings. The van der Waals surface area contributed by atoms with E-state index in [1.165, 1.54) is 10.9 Å². The molecule has 0 bridgehead atoms. The van der Waals surface area contributed by atoms with Crippen LogP contribution in [0.15, 0.2) is 53.2 Å². The number of anilines is 1. The molecular formula is C16H14N3. The van der Waals surface area contributed by atoms with Gasteiger partial charge in [-0.1, -0.05) is 30.4 Å². The first-order valence-corrected chi connectivity index (χ1v) is 6.57. The van der Waals surface area contributed by atoms with Gasteiger partial charge in [0, 0.05) is 18.4 Å². The van der Waals surface area contributed by atoms with Crippen molar-refractivity contribution in [2.45, 2.75) is 13.5 Å². The fourth-order valence-electron chi connectivity index (χ4n) is 2.78. The number of hydrogen-bond acceptors (Lipinski definition) is 2. The number of aliphatic imine (C=N–C) groups is 1. The molecule has 1 radical (unpaired) electrons. The lowest BCUT2D eigenvalue weighted by Gasteiger charge is -2.20. The highest BCUT2D eigenvalue weighted by molar-refractivity contribution is 6.17. The van der Waals surface area contributed by atoms with Gasteiger partial charge >= 0.3 is 0 Å². The van der Waals surface area contributed by atoms with Gasteiger partial charge in [-0.05, 0) is 19.1 Å². The molecule has 19 heavy (non-hydrogen) atoms. The van der Waals surface area contributed by atoms with Gasteiger partial charge in [0.25, 0.3) is 0 Å². The normalized spacial score (nSPS) is 16.5. The maximum atomic E-state index is 4.82. The third-order valence-electron chi connectivity index (χ3n) is 3.65. The highest BCUT2D eigenvalue weighted by Crippen LogP contribution is 2.41. The predicted octanol–water partition coefficient (Wildman–Crippen LogP) is 3.82. The van der Waals surface area contributed by atoms with Crippen LogP contribution < -0.4 is 5.32 Å². The van der Waals surface area contributed by atoms with Gasteiger partial charge in [0.2, 0.25) is 0 Å². The molecule has 1 aromatic heterocycles. The van der Waals surface area contributed by atoms with Gasteiger partial charge in [-0.15, -0.1) is 0 Å². The molecule has 1 aromatic carbocycles. The first-order valence-electron chi connectivity index (χ1n) is 6.57. The summed E-state index contributed by atoms with van der Waals surface area (Å²) in [5.74, 6) is 1.03. The molecule has 0 atom stereocenters. The van der Waals surface area contributed by atoms with E-state index in [9.17, 15) is 0 Å². The third-order valence-corrected chi connectivity index (χ3v) is 3.65. The highest BCUT2D eigenvalue weighted by atomic mass is 15.1. The first kappa shape index (κ1) is 10.6. The van der Waals surface area contributed by atoms with Crippen molar-refractivity contribution >= 4 is 28.1 Å². The maximum absolute atomic E-state index is 4.82. The van der Waals surface area contributed by atoms with Gasteiger partial charge < -0.3 is 9.88 Å². The molecule has 2 heterocycles. The minimum absolute atomic E-state index is 0.920. The van der Waals surface area contributed by atoms with Gasteiger partial charge in [0.05, 0.1) is 22.6 Å². The van der Waals surface area contributed by atoms with Crippen molar-refractivity contribution in [1.29, 1.82) is 0 Å². The molecule has 3 nitrogen and oxygen atoms in total. The number of benzene rings is 1. The van der Waals surface area contributed by atoms with Gasteiger partial charge in [-0.3, -0.25) is 0 Å². The molecule has 0 unspecified atom stereocenters. The predicted molar refractivity (Wildman–Crippen MR) is 79.9 cm³/mol. The van der Waals surface area contributed by atoms with Gasteiger partial charge in [-0.25, -0.2) is 4.99 Å². The number of allylic oxidation sites excluding steroid dienone is 4. The summed E-state index contributed by atoms with van der Waals surface area (Å²) >= 11 is 0. The Morgan fingerprint density at radius 2 is 2.11 bits per heavy atom. The molecule has 93 valence electrons. The summed E-state index contributed by atoms with van der Waals surface area (Å²) in [6.07, 6.45) is 8.17. The van der Waals surface area contributed by atoms with Crippen molar-refractivity contribution in [2.75, 3.05) is 5.32 Å². The zero-order valence-corrected chi connectivity index (χ0v) is 10.7. The molecule has 0 amide bonds. The van der Waals surface area contributed by atoms with Crippen LogP contribution in [0.25, 0.3) is 10.9 Å². The van der Waals surface area contributed by atoms with Crippen LogP contribution in [0.2, 0.25) is 0 Å². The van der Waals surface area contributed by atoms with Crippen LogP contribution in [0.4, 0.5) is 11.5 Å². The molecular weight excluding hydrogens is 234 g/mol. The first-order chi connectivity index (χ1) is 9.38. The lowest BCUT2D eigenvalue weighted by atomic mass is 10.1. The summed E-state index contributed by atoms with van der Waals surface area (Å²) in [7, 11) is 0. The molecule has 3 heteroatoms. The fraction of sp³-hybridized carbons (Fsp3) is 0.125. The summed E-state index contributed by atoms with van der Waals surface area (Å²) in [4.78, 5) is 4.82.